The van der Waals surface area contributed by atoms with Gasteiger partial charge in [0.2, 0.25) is 5.91 Å². The molecule has 128 valence electrons. The van der Waals surface area contributed by atoms with Gasteiger partial charge >= 0.3 is 5.97 Å². The molecular weight excluding hydrogens is 310 g/mol. The molecule has 1 fully saturated rings. The van der Waals surface area contributed by atoms with Gasteiger partial charge < -0.3 is 14.7 Å². The molecule has 1 amide bonds. The van der Waals surface area contributed by atoms with Crippen molar-refractivity contribution in [2.45, 2.75) is 19.4 Å². The number of benzene rings is 1. The number of nitrogens with zero attached hydrogens (tertiary/aromatic N) is 3. The van der Waals surface area contributed by atoms with Crippen molar-refractivity contribution in [2.24, 2.45) is 5.41 Å². The molecule has 0 aliphatic carbocycles. The molecule has 1 aliphatic heterocycles. The number of carbonyl (C=O) groups excluding carboxylic acids is 1. The van der Waals surface area contributed by atoms with Crippen molar-refractivity contribution in [1.82, 2.24) is 14.7 Å². The fourth-order valence-electron chi connectivity index (χ4n) is 3.36. The Morgan fingerprint density at radius 1 is 1.38 bits per heavy atom. The molecule has 1 unspecified atom stereocenters. The summed E-state index contributed by atoms with van der Waals surface area (Å²) in [6.07, 6.45) is 2.90. The number of carbonyl (C=O) groups is 2. The minimum absolute atomic E-state index is 0.107. The van der Waals surface area contributed by atoms with E-state index in [1.54, 1.807) is 15.8 Å². The summed E-state index contributed by atoms with van der Waals surface area (Å²) in [5, 5.41) is 14.8. The van der Waals surface area contributed by atoms with Crippen LogP contribution >= 0.6 is 0 Å². The average Bonchev–Trinajstić information content (AvgIpc) is 2.98. The molecule has 7 nitrogen and oxygen atoms in total. The number of hydrogen-bond acceptors (Lipinski definition) is 4. The Balaban J connectivity index is 1.76. The number of rotatable bonds is 5. The second kappa shape index (κ2) is 6.60. The normalized spacial score (nSPS) is 21.1. The van der Waals surface area contributed by atoms with Crippen LogP contribution in [0.25, 0.3) is 10.9 Å². The number of para-hydroxylation sites is 1. The number of aromatic nitrogens is 2. The average molecular weight is 331 g/mol. The number of piperidine rings is 1. The van der Waals surface area contributed by atoms with Crippen molar-refractivity contribution in [2.75, 3.05) is 26.8 Å². The lowest BCUT2D eigenvalue weighted by Gasteiger charge is -2.39. The van der Waals surface area contributed by atoms with E-state index in [0.29, 0.717) is 19.4 Å². The molecule has 0 saturated carbocycles. The third-order valence-electron chi connectivity index (χ3n) is 4.64. The zero-order valence-corrected chi connectivity index (χ0v) is 13.6. The number of methoxy groups -OCH3 is 1. The molecular formula is C17H21N3O4. The summed E-state index contributed by atoms with van der Waals surface area (Å²) in [6, 6.07) is 7.68. The summed E-state index contributed by atoms with van der Waals surface area (Å²) >= 11 is 0. The third-order valence-corrected chi connectivity index (χ3v) is 4.64. The highest BCUT2D eigenvalue weighted by atomic mass is 16.5. The molecule has 0 radical (unpaired) electrons. The Labute approximate surface area is 139 Å². The highest BCUT2D eigenvalue weighted by Gasteiger charge is 2.43. The van der Waals surface area contributed by atoms with Gasteiger partial charge in [-0.1, -0.05) is 18.2 Å². The van der Waals surface area contributed by atoms with Crippen LogP contribution in [0.1, 0.15) is 12.8 Å². The van der Waals surface area contributed by atoms with Crippen LogP contribution in [-0.2, 0) is 20.9 Å². The third kappa shape index (κ3) is 2.99. The molecule has 1 aromatic heterocycles. The van der Waals surface area contributed by atoms with Crippen LogP contribution in [0.2, 0.25) is 0 Å². The zero-order valence-electron chi connectivity index (χ0n) is 13.6. The smallest absolute Gasteiger partial charge is 0.313 e. The molecule has 24 heavy (non-hydrogen) atoms. The van der Waals surface area contributed by atoms with E-state index in [2.05, 4.69) is 5.10 Å². The molecule has 3 rings (SSSR count). The van der Waals surface area contributed by atoms with Crippen LogP contribution in [0.5, 0.6) is 0 Å². The summed E-state index contributed by atoms with van der Waals surface area (Å²) in [6.45, 7) is 0.956. The highest BCUT2D eigenvalue weighted by Crippen LogP contribution is 2.31. The van der Waals surface area contributed by atoms with Gasteiger partial charge in [-0.25, -0.2) is 0 Å². The molecule has 0 spiro atoms. The van der Waals surface area contributed by atoms with Gasteiger partial charge in [-0.05, 0) is 18.9 Å². The van der Waals surface area contributed by atoms with E-state index in [0.717, 1.165) is 10.9 Å². The van der Waals surface area contributed by atoms with Crippen molar-refractivity contribution in [1.29, 1.82) is 0 Å². The van der Waals surface area contributed by atoms with Crippen molar-refractivity contribution in [3.05, 3.63) is 30.5 Å². The Bertz CT molecular complexity index is 753. The van der Waals surface area contributed by atoms with Gasteiger partial charge in [0.1, 0.15) is 12.0 Å². The topological polar surface area (TPSA) is 84.7 Å². The number of likely N-dealkylation sites (tertiary alicyclic amines) is 1. The van der Waals surface area contributed by atoms with E-state index < -0.39 is 11.4 Å². The van der Waals surface area contributed by atoms with Crippen LogP contribution < -0.4 is 0 Å². The molecule has 1 atom stereocenters. The van der Waals surface area contributed by atoms with Gasteiger partial charge in [-0.15, -0.1) is 0 Å². The Morgan fingerprint density at radius 2 is 2.17 bits per heavy atom. The van der Waals surface area contributed by atoms with Gasteiger partial charge in [0.05, 0.1) is 18.3 Å². The lowest BCUT2D eigenvalue weighted by atomic mass is 9.80. The first-order valence-corrected chi connectivity index (χ1v) is 7.96. The first-order valence-electron chi connectivity index (χ1n) is 7.96. The predicted molar refractivity (Wildman–Crippen MR) is 87.5 cm³/mol. The SMILES string of the molecule is COCC1(C(=O)O)CCCN(C(=O)Cn2ncc3ccccc32)C1. The molecule has 2 heterocycles. The number of hydrogen-bond donors (Lipinski definition) is 1. The predicted octanol–water partition coefficient (Wildman–Crippen LogP) is 1.38. The van der Waals surface area contributed by atoms with Crippen molar-refractivity contribution in [3.8, 4) is 0 Å². The quantitative estimate of drug-likeness (QED) is 0.894. The maximum atomic E-state index is 12.7. The van der Waals surface area contributed by atoms with Crippen LogP contribution in [0.3, 0.4) is 0 Å². The number of carboxylic acids is 1. The first-order chi connectivity index (χ1) is 11.6. The molecule has 1 aliphatic rings. The summed E-state index contributed by atoms with van der Waals surface area (Å²) in [4.78, 5) is 26.0. The molecule has 1 saturated heterocycles. The molecule has 2 aromatic rings. The number of ether oxygens (including phenoxy) is 1. The maximum Gasteiger partial charge on any atom is 0.313 e. The Morgan fingerprint density at radius 3 is 2.92 bits per heavy atom. The van der Waals surface area contributed by atoms with Crippen LogP contribution in [0.15, 0.2) is 30.5 Å². The van der Waals surface area contributed by atoms with Crippen molar-refractivity contribution in [3.63, 3.8) is 0 Å². The van der Waals surface area contributed by atoms with Gasteiger partial charge in [-0.2, -0.15) is 5.10 Å². The lowest BCUT2D eigenvalue weighted by molar-refractivity contribution is -0.159. The monoisotopic (exact) mass is 331 g/mol. The van der Waals surface area contributed by atoms with E-state index in [1.165, 1.54) is 7.11 Å². The van der Waals surface area contributed by atoms with Crippen LogP contribution in [0.4, 0.5) is 0 Å². The lowest BCUT2D eigenvalue weighted by Crippen LogP contribution is -2.52. The highest BCUT2D eigenvalue weighted by molar-refractivity contribution is 5.83. The number of aliphatic carboxylic acids is 1. The Kier molecular flexibility index (Phi) is 4.53. The second-order valence-electron chi connectivity index (χ2n) is 6.30. The molecule has 1 aromatic carbocycles. The molecule has 0 bridgehead atoms. The van der Waals surface area contributed by atoms with E-state index in [9.17, 15) is 14.7 Å². The fraction of sp³-hybridized carbons (Fsp3) is 0.471. The maximum absolute atomic E-state index is 12.7. The summed E-state index contributed by atoms with van der Waals surface area (Å²) in [5.74, 6) is -1.03. The fourth-order valence-corrected chi connectivity index (χ4v) is 3.36. The van der Waals surface area contributed by atoms with E-state index >= 15 is 0 Å². The van der Waals surface area contributed by atoms with E-state index in [1.807, 2.05) is 24.3 Å². The molecule has 7 heteroatoms. The number of fused-ring (bicyclic) bond motifs is 1. The largest absolute Gasteiger partial charge is 0.481 e. The molecule has 1 N–H and O–H groups in total. The minimum Gasteiger partial charge on any atom is -0.481 e. The number of carboxylic acid groups (broad SMARTS) is 1. The standard InChI is InChI=1S/C17H21N3O4/c1-24-12-17(16(22)23)7-4-8-19(11-17)15(21)10-20-14-6-3-2-5-13(14)9-18-20/h2-3,5-6,9H,4,7-8,10-12H2,1H3,(H,22,23). The summed E-state index contributed by atoms with van der Waals surface area (Å²) in [5.41, 5.74) is -0.126. The van der Waals surface area contributed by atoms with Gasteiger partial charge in [0, 0.05) is 25.6 Å². The van der Waals surface area contributed by atoms with Crippen molar-refractivity contribution < 1.29 is 19.4 Å². The van der Waals surface area contributed by atoms with Gasteiger partial charge in [0.25, 0.3) is 0 Å². The summed E-state index contributed by atoms with van der Waals surface area (Å²) in [7, 11) is 1.49. The number of amides is 1. The van der Waals surface area contributed by atoms with Crippen molar-refractivity contribution >= 4 is 22.8 Å². The first kappa shape index (κ1) is 16.4. The second-order valence-corrected chi connectivity index (χ2v) is 6.30. The summed E-state index contributed by atoms with van der Waals surface area (Å²) < 4.78 is 6.76. The van der Waals surface area contributed by atoms with Crippen LogP contribution in [0, 0.1) is 5.41 Å². The van der Waals surface area contributed by atoms with E-state index in [-0.39, 0.29) is 25.6 Å². The minimum atomic E-state index is -1.02. The zero-order chi connectivity index (χ0) is 17.2. The van der Waals surface area contributed by atoms with E-state index in [4.69, 9.17) is 4.74 Å². The van der Waals surface area contributed by atoms with Gasteiger partial charge in [0.15, 0.2) is 0 Å². The van der Waals surface area contributed by atoms with Gasteiger partial charge in [-0.3, -0.25) is 14.3 Å². The van der Waals surface area contributed by atoms with Crippen LogP contribution in [-0.4, -0.2) is 58.5 Å². The Hall–Kier alpha value is -2.41.